The summed E-state index contributed by atoms with van der Waals surface area (Å²) < 4.78 is 64.0. The van der Waals surface area contributed by atoms with Crippen molar-refractivity contribution >= 4 is 51.2 Å². The molecule has 0 amide bonds. The molecule has 5 aromatic rings. The van der Waals surface area contributed by atoms with E-state index in [9.17, 15) is 23.1 Å². The van der Waals surface area contributed by atoms with Crippen molar-refractivity contribution in [3.63, 3.8) is 0 Å². The highest BCUT2D eigenvalue weighted by atomic mass is 127. The maximum absolute atomic E-state index is 14.2. The second-order valence-electron chi connectivity index (χ2n) is 13.8. The van der Waals surface area contributed by atoms with Gasteiger partial charge in [0.1, 0.15) is 24.0 Å². The van der Waals surface area contributed by atoms with Crippen molar-refractivity contribution in [1.29, 1.82) is 0 Å². The molecule has 0 bridgehead atoms. The number of Topliss-reactive ketones (excluding diaryl/α,β-unsaturated/α-hetero) is 1. The maximum atomic E-state index is 14.2. The summed E-state index contributed by atoms with van der Waals surface area (Å²) in [6, 6.07) is 16.5. The van der Waals surface area contributed by atoms with Crippen LogP contribution in [0.1, 0.15) is 40.9 Å². The number of methoxy groups -OCH3 is 1. The molecule has 12 nitrogen and oxygen atoms in total. The average molecular weight is 916 g/mol. The third kappa shape index (κ3) is 10.0. The molecule has 3 aromatic carbocycles. The van der Waals surface area contributed by atoms with Crippen molar-refractivity contribution in [1.82, 2.24) is 15.0 Å². The van der Waals surface area contributed by atoms with Gasteiger partial charge in [-0.3, -0.25) is 4.79 Å². The Labute approximate surface area is 348 Å². The van der Waals surface area contributed by atoms with Crippen LogP contribution in [0.5, 0.6) is 5.75 Å². The lowest BCUT2D eigenvalue weighted by atomic mass is 9.96. The number of hydrogen-bond acceptors (Lipinski definition) is 12. The second kappa shape index (κ2) is 20.0. The molecule has 0 aliphatic carbocycles. The normalized spacial score (nSPS) is 16.9. The predicted octanol–water partition coefficient (Wildman–Crippen LogP) is 6.13. The number of carbonyl (C=O) groups excluding carboxylic acids is 1. The largest absolute Gasteiger partial charge is 0.496 e. The molecule has 0 spiro atoms. The van der Waals surface area contributed by atoms with Gasteiger partial charge in [0.2, 0.25) is 5.95 Å². The van der Waals surface area contributed by atoms with E-state index in [1.165, 1.54) is 12.1 Å². The van der Waals surface area contributed by atoms with E-state index in [4.69, 9.17) is 39.0 Å². The molecule has 0 unspecified atom stereocenters. The lowest BCUT2D eigenvalue weighted by molar-refractivity contribution is 0.0662. The number of fused-ring (bicyclic) bond motifs is 1. The van der Waals surface area contributed by atoms with Crippen LogP contribution in [0.4, 0.5) is 24.9 Å². The fourth-order valence-corrected chi connectivity index (χ4v) is 7.26. The molecular weight excluding hydrogens is 870 g/mol. The number of aliphatic hydroxyl groups is 2. The minimum Gasteiger partial charge on any atom is -0.496 e. The van der Waals surface area contributed by atoms with Gasteiger partial charge in [-0.1, -0.05) is 6.07 Å². The number of anilines is 2. The molecule has 0 radical (unpaired) electrons. The summed E-state index contributed by atoms with van der Waals surface area (Å²) in [4.78, 5) is 31.5. The number of rotatable bonds is 12. The summed E-state index contributed by atoms with van der Waals surface area (Å²) in [6.45, 7) is 7.62. The highest BCUT2D eigenvalue weighted by Gasteiger charge is 2.28. The number of morpholine rings is 2. The Morgan fingerprint density at radius 2 is 1.62 bits per heavy atom. The van der Waals surface area contributed by atoms with Crippen LogP contribution in [-0.4, -0.2) is 109 Å². The molecule has 16 heteroatoms. The quantitative estimate of drug-likeness (QED) is 0.0846. The molecule has 2 aliphatic heterocycles. The number of ketones is 1. The van der Waals surface area contributed by atoms with Gasteiger partial charge in [0.25, 0.3) is 0 Å². The third-order valence-corrected chi connectivity index (χ3v) is 10.6. The molecule has 2 atom stereocenters. The Morgan fingerprint density at radius 1 is 0.879 bits per heavy atom. The number of halogens is 4. The fraction of sp³-hybridized carbons (Fsp3) is 0.381. The third-order valence-electron chi connectivity index (χ3n) is 9.89. The smallest absolute Gasteiger partial charge is 0.229 e. The molecule has 58 heavy (non-hydrogen) atoms. The van der Waals surface area contributed by atoms with Crippen molar-refractivity contribution in [2.24, 2.45) is 0 Å². The first-order valence-corrected chi connectivity index (χ1v) is 19.9. The Hall–Kier alpha value is -4.46. The summed E-state index contributed by atoms with van der Waals surface area (Å²) in [5.41, 5.74) is 2.92. The van der Waals surface area contributed by atoms with Gasteiger partial charge in [-0.15, -0.1) is 0 Å². The zero-order valence-corrected chi connectivity index (χ0v) is 34.5. The van der Waals surface area contributed by atoms with E-state index < -0.39 is 23.2 Å². The van der Waals surface area contributed by atoms with E-state index in [0.717, 1.165) is 53.2 Å². The molecular formula is C42H45F3IN5O7. The number of carbonyl (C=O) groups is 1. The predicted molar refractivity (Wildman–Crippen MR) is 221 cm³/mol. The molecule has 2 fully saturated rings. The summed E-state index contributed by atoms with van der Waals surface area (Å²) in [7, 11) is 1.60. The molecule has 2 saturated heterocycles. The van der Waals surface area contributed by atoms with Crippen LogP contribution in [0.3, 0.4) is 0 Å². The van der Waals surface area contributed by atoms with Crippen molar-refractivity contribution < 1.29 is 47.1 Å². The Balaban J connectivity index is 0.000000209. The first-order valence-electron chi connectivity index (χ1n) is 18.8. The van der Waals surface area contributed by atoms with Gasteiger partial charge < -0.3 is 39.0 Å². The van der Waals surface area contributed by atoms with Gasteiger partial charge in [0.05, 0.1) is 76.5 Å². The summed E-state index contributed by atoms with van der Waals surface area (Å²) in [6.07, 6.45) is -0.257. The topological polar surface area (TPSA) is 140 Å². The molecule has 2 N–H and O–H groups in total. The molecule has 2 aliphatic rings. The summed E-state index contributed by atoms with van der Waals surface area (Å²) >= 11 is 1.94. The van der Waals surface area contributed by atoms with Crippen LogP contribution in [0.2, 0.25) is 0 Å². The first kappa shape index (κ1) is 43.1. The number of aromatic nitrogens is 3. The number of hydrogen-bond donors (Lipinski definition) is 2. The van der Waals surface area contributed by atoms with Gasteiger partial charge in [-0.05, 0) is 96.6 Å². The van der Waals surface area contributed by atoms with E-state index in [-0.39, 0.29) is 61.6 Å². The molecule has 308 valence electrons. The fourth-order valence-electron chi connectivity index (χ4n) is 6.81. The van der Waals surface area contributed by atoms with Crippen LogP contribution in [0.15, 0.2) is 60.7 Å². The number of ether oxygens (including phenoxy) is 4. The van der Waals surface area contributed by atoms with Gasteiger partial charge in [-0.2, -0.15) is 9.97 Å². The lowest BCUT2D eigenvalue weighted by Gasteiger charge is -2.37. The van der Waals surface area contributed by atoms with Gasteiger partial charge in [-0.25, -0.2) is 18.2 Å². The van der Waals surface area contributed by atoms with E-state index in [1.54, 1.807) is 13.2 Å². The van der Waals surface area contributed by atoms with Gasteiger partial charge in [0, 0.05) is 45.3 Å². The summed E-state index contributed by atoms with van der Waals surface area (Å²) in [5.74, 6) is -1.19. The SMILES string of the molecule is COc1ccc(-c2ccc3c(N4CCOC[C@H]4C)nc(N4CCOC[C@H]4C)nc3n2)cc1CO.O=C(COCCO)c1ccc(F)c(F)c1Cc1ccc(I)cc1F. The highest BCUT2D eigenvalue weighted by Crippen LogP contribution is 2.33. The van der Waals surface area contributed by atoms with E-state index in [2.05, 4.69) is 23.6 Å². The van der Waals surface area contributed by atoms with Crippen LogP contribution in [-0.2, 0) is 27.2 Å². The Bertz CT molecular complexity index is 2240. The van der Waals surface area contributed by atoms with Gasteiger partial charge in [0.15, 0.2) is 23.1 Å². The van der Waals surface area contributed by atoms with Crippen LogP contribution >= 0.6 is 22.6 Å². The first-order chi connectivity index (χ1) is 28.0. The zero-order valence-electron chi connectivity index (χ0n) is 32.4. The van der Waals surface area contributed by atoms with Crippen LogP contribution in [0, 0.1) is 21.0 Å². The Kier molecular flexibility index (Phi) is 14.9. The molecule has 0 saturated carbocycles. The number of benzene rings is 3. The van der Waals surface area contributed by atoms with Crippen LogP contribution in [0.25, 0.3) is 22.3 Å². The zero-order chi connectivity index (χ0) is 41.3. The van der Waals surface area contributed by atoms with E-state index in [0.29, 0.717) is 47.3 Å². The molecule has 7 rings (SSSR count). The van der Waals surface area contributed by atoms with Crippen molar-refractivity contribution in [3.05, 3.63) is 104 Å². The number of aliphatic hydroxyl groups excluding tert-OH is 2. The van der Waals surface area contributed by atoms with Crippen molar-refractivity contribution in [2.45, 2.75) is 39.0 Å². The second-order valence-corrected chi connectivity index (χ2v) is 15.1. The highest BCUT2D eigenvalue weighted by molar-refractivity contribution is 14.1. The minimum atomic E-state index is -1.18. The lowest BCUT2D eigenvalue weighted by Crippen LogP contribution is -2.46. The Morgan fingerprint density at radius 3 is 2.29 bits per heavy atom. The van der Waals surface area contributed by atoms with E-state index in [1.807, 2.05) is 52.9 Å². The maximum Gasteiger partial charge on any atom is 0.229 e. The minimum absolute atomic E-state index is 0.0451. The average Bonchev–Trinajstić information content (AvgIpc) is 3.23. The van der Waals surface area contributed by atoms with Crippen LogP contribution < -0.4 is 14.5 Å². The monoisotopic (exact) mass is 915 g/mol. The summed E-state index contributed by atoms with van der Waals surface area (Å²) in [5, 5.41) is 19.3. The number of pyridine rings is 1. The molecule has 2 aromatic heterocycles. The molecule has 4 heterocycles. The standard InChI is InChI=1S/C25H31N5O4.C17H14F3IO3/c1-16-14-33-10-8-29(16)24-20-5-6-21(18-4-7-22(32-3)19(12-18)13-31)26-23(20)27-25(28-24)30-9-11-34-15-17(30)2;18-14-4-3-12(16(23)9-24-6-5-22)13(17(14)20)7-10-1-2-11(21)8-15(10)19/h4-7,12,16-17,31H,8-11,13-15H2,1-3H3;1-4,8,22H,5-7,9H2/t16-,17-;/m1./s1. The van der Waals surface area contributed by atoms with Crippen molar-refractivity contribution in [2.75, 3.05) is 76.2 Å². The number of nitrogens with zero attached hydrogens (tertiary/aromatic N) is 5. The van der Waals surface area contributed by atoms with Gasteiger partial charge >= 0.3 is 0 Å². The van der Waals surface area contributed by atoms with E-state index >= 15 is 0 Å². The van der Waals surface area contributed by atoms with Crippen molar-refractivity contribution in [3.8, 4) is 17.0 Å².